The number of benzene rings is 1. The first-order valence-electron chi connectivity index (χ1n) is 6.01. The number of nitrogens with zero attached hydrogens (tertiary/aromatic N) is 1. The molecule has 0 atom stereocenters. The van der Waals surface area contributed by atoms with Gasteiger partial charge in [0.1, 0.15) is 0 Å². The summed E-state index contributed by atoms with van der Waals surface area (Å²) in [5.41, 5.74) is 0.957. The molecule has 0 saturated carbocycles. The van der Waals surface area contributed by atoms with Crippen molar-refractivity contribution in [2.24, 2.45) is 0 Å². The van der Waals surface area contributed by atoms with Crippen LogP contribution in [-0.2, 0) is 4.74 Å². The summed E-state index contributed by atoms with van der Waals surface area (Å²) in [7, 11) is 0. The van der Waals surface area contributed by atoms with E-state index >= 15 is 0 Å². The number of rotatable bonds is 1. The molecule has 0 aromatic heterocycles. The van der Waals surface area contributed by atoms with Gasteiger partial charge >= 0.3 is 6.03 Å². The fourth-order valence-electron chi connectivity index (χ4n) is 1.67. The maximum atomic E-state index is 11.7. The fourth-order valence-corrected chi connectivity index (χ4v) is 1.67. The summed E-state index contributed by atoms with van der Waals surface area (Å²) in [5.74, 6) is 5.93. The van der Waals surface area contributed by atoms with E-state index in [1.165, 1.54) is 0 Å². The van der Waals surface area contributed by atoms with Gasteiger partial charge in [-0.1, -0.05) is 30.0 Å². The molecule has 1 aliphatic rings. The molecule has 4 heteroatoms. The molecule has 4 nitrogen and oxygen atoms in total. The highest BCUT2D eigenvalue weighted by Crippen LogP contribution is 1.96. The lowest BCUT2D eigenvalue weighted by Crippen LogP contribution is -2.46. The number of carbonyl (C=O) groups is 1. The predicted octanol–water partition coefficient (Wildman–Crippen LogP) is 1.08. The molecule has 0 radical (unpaired) electrons. The lowest BCUT2D eigenvalue weighted by molar-refractivity contribution is 0.0535. The van der Waals surface area contributed by atoms with Gasteiger partial charge in [0.05, 0.1) is 19.8 Å². The number of ether oxygens (including phenoxy) is 1. The molecule has 1 aliphatic heterocycles. The van der Waals surface area contributed by atoms with Gasteiger partial charge in [-0.05, 0) is 12.1 Å². The summed E-state index contributed by atoms with van der Waals surface area (Å²) in [6.45, 7) is 2.90. The van der Waals surface area contributed by atoms with E-state index in [2.05, 4.69) is 17.2 Å². The molecule has 1 saturated heterocycles. The Morgan fingerprint density at radius 3 is 2.72 bits per heavy atom. The quantitative estimate of drug-likeness (QED) is 0.751. The van der Waals surface area contributed by atoms with Crippen molar-refractivity contribution in [3.8, 4) is 11.8 Å². The van der Waals surface area contributed by atoms with E-state index in [0.717, 1.165) is 5.56 Å². The van der Waals surface area contributed by atoms with Crippen LogP contribution in [0.15, 0.2) is 30.3 Å². The second-order valence-electron chi connectivity index (χ2n) is 3.93. The van der Waals surface area contributed by atoms with Crippen LogP contribution in [0.2, 0.25) is 0 Å². The van der Waals surface area contributed by atoms with Crippen LogP contribution in [0.4, 0.5) is 4.79 Å². The zero-order valence-corrected chi connectivity index (χ0v) is 10.2. The smallest absolute Gasteiger partial charge is 0.318 e. The molecular formula is C14H16N2O2. The normalized spacial score (nSPS) is 14.6. The third-order valence-corrected chi connectivity index (χ3v) is 2.63. The van der Waals surface area contributed by atoms with Crippen molar-refractivity contribution in [1.82, 2.24) is 10.2 Å². The third kappa shape index (κ3) is 3.79. The molecule has 1 heterocycles. The van der Waals surface area contributed by atoms with Crippen molar-refractivity contribution < 1.29 is 9.53 Å². The topological polar surface area (TPSA) is 41.6 Å². The molecule has 1 aromatic carbocycles. The summed E-state index contributed by atoms with van der Waals surface area (Å²) in [6.07, 6.45) is 0. The Kier molecular flexibility index (Phi) is 4.62. The third-order valence-electron chi connectivity index (χ3n) is 2.63. The number of nitrogens with one attached hydrogen (secondary N) is 1. The summed E-state index contributed by atoms with van der Waals surface area (Å²) in [5, 5.41) is 2.78. The van der Waals surface area contributed by atoms with Crippen LogP contribution in [0.25, 0.3) is 0 Å². The first kappa shape index (κ1) is 12.5. The molecule has 1 N–H and O–H groups in total. The highest BCUT2D eigenvalue weighted by Gasteiger charge is 2.15. The Hall–Kier alpha value is -1.99. The minimum atomic E-state index is -0.0688. The van der Waals surface area contributed by atoms with Gasteiger partial charge in [0.2, 0.25) is 0 Å². The van der Waals surface area contributed by atoms with Crippen LogP contribution in [-0.4, -0.2) is 43.8 Å². The monoisotopic (exact) mass is 244 g/mol. The summed E-state index contributed by atoms with van der Waals surface area (Å²) in [6, 6.07) is 9.65. The zero-order valence-electron chi connectivity index (χ0n) is 10.2. The van der Waals surface area contributed by atoms with E-state index in [1.54, 1.807) is 4.90 Å². The molecule has 18 heavy (non-hydrogen) atoms. The standard InChI is InChI=1S/C14H16N2O2/c17-14(16-9-11-18-12-10-16)15-8-4-7-13-5-2-1-3-6-13/h1-3,5-6H,8-12H2,(H,15,17). The van der Waals surface area contributed by atoms with Crippen LogP contribution in [0, 0.1) is 11.8 Å². The molecular weight excluding hydrogens is 228 g/mol. The minimum Gasteiger partial charge on any atom is -0.378 e. The van der Waals surface area contributed by atoms with Crippen LogP contribution < -0.4 is 5.32 Å². The first-order chi connectivity index (χ1) is 8.86. The van der Waals surface area contributed by atoms with Gasteiger partial charge in [0.15, 0.2) is 0 Å². The minimum absolute atomic E-state index is 0.0688. The lowest BCUT2D eigenvalue weighted by atomic mass is 10.2. The summed E-state index contributed by atoms with van der Waals surface area (Å²) in [4.78, 5) is 13.4. The van der Waals surface area contributed by atoms with E-state index in [-0.39, 0.29) is 6.03 Å². The summed E-state index contributed by atoms with van der Waals surface area (Å²) >= 11 is 0. The highest BCUT2D eigenvalue weighted by atomic mass is 16.5. The Labute approximate surface area is 107 Å². The molecule has 94 valence electrons. The van der Waals surface area contributed by atoms with Gasteiger partial charge < -0.3 is 15.0 Å². The number of morpholine rings is 1. The van der Waals surface area contributed by atoms with Gasteiger partial charge in [-0.3, -0.25) is 0 Å². The second-order valence-corrected chi connectivity index (χ2v) is 3.93. The highest BCUT2D eigenvalue weighted by molar-refractivity contribution is 5.74. The Morgan fingerprint density at radius 2 is 2.00 bits per heavy atom. The molecule has 0 unspecified atom stereocenters. The number of urea groups is 1. The maximum absolute atomic E-state index is 11.7. The van der Waals surface area contributed by atoms with Crippen LogP contribution in [0.5, 0.6) is 0 Å². The van der Waals surface area contributed by atoms with Crippen molar-refractivity contribution in [3.63, 3.8) is 0 Å². The van der Waals surface area contributed by atoms with Crippen LogP contribution in [0.3, 0.4) is 0 Å². The second kappa shape index (κ2) is 6.67. The number of carbonyl (C=O) groups excluding carboxylic acids is 1. The zero-order chi connectivity index (χ0) is 12.6. The molecule has 1 fully saturated rings. The Morgan fingerprint density at radius 1 is 1.28 bits per heavy atom. The molecule has 0 aliphatic carbocycles. The van der Waals surface area contributed by atoms with Crippen molar-refractivity contribution in [2.75, 3.05) is 32.8 Å². The van der Waals surface area contributed by atoms with Crippen molar-refractivity contribution >= 4 is 6.03 Å². The molecule has 2 amide bonds. The molecule has 1 aromatic rings. The number of hydrogen-bond acceptors (Lipinski definition) is 2. The fraction of sp³-hybridized carbons (Fsp3) is 0.357. The van der Waals surface area contributed by atoms with Crippen molar-refractivity contribution in [2.45, 2.75) is 0 Å². The average molecular weight is 244 g/mol. The largest absolute Gasteiger partial charge is 0.378 e. The van der Waals surface area contributed by atoms with Crippen molar-refractivity contribution in [3.05, 3.63) is 35.9 Å². The summed E-state index contributed by atoms with van der Waals surface area (Å²) < 4.78 is 5.18. The van der Waals surface area contributed by atoms with Crippen LogP contribution >= 0.6 is 0 Å². The van der Waals surface area contributed by atoms with Gasteiger partial charge in [-0.2, -0.15) is 0 Å². The SMILES string of the molecule is O=C(NCC#Cc1ccccc1)N1CCOCC1. The van der Waals surface area contributed by atoms with E-state index in [4.69, 9.17) is 4.74 Å². The molecule has 0 bridgehead atoms. The van der Waals surface area contributed by atoms with Gasteiger partial charge in [0.25, 0.3) is 0 Å². The van der Waals surface area contributed by atoms with Gasteiger partial charge in [-0.25, -0.2) is 4.79 Å². The Balaban J connectivity index is 1.75. The maximum Gasteiger partial charge on any atom is 0.318 e. The average Bonchev–Trinajstić information content (AvgIpc) is 2.45. The van der Waals surface area contributed by atoms with E-state index in [0.29, 0.717) is 32.8 Å². The van der Waals surface area contributed by atoms with E-state index in [9.17, 15) is 4.79 Å². The molecule has 0 spiro atoms. The van der Waals surface area contributed by atoms with Gasteiger partial charge in [0, 0.05) is 18.7 Å². The Bertz CT molecular complexity index is 442. The first-order valence-corrected chi connectivity index (χ1v) is 6.01. The lowest BCUT2D eigenvalue weighted by Gasteiger charge is -2.26. The van der Waals surface area contributed by atoms with Gasteiger partial charge in [-0.15, -0.1) is 0 Å². The van der Waals surface area contributed by atoms with E-state index in [1.807, 2.05) is 30.3 Å². The number of hydrogen-bond donors (Lipinski definition) is 1. The van der Waals surface area contributed by atoms with E-state index < -0.39 is 0 Å². The predicted molar refractivity (Wildman–Crippen MR) is 69.1 cm³/mol. The molecule has 2 rings (SSSR count). The van der Waals surface area contributed by atoms with Crippen LogP contribution in [0.1, 0.15) is 5.56 Å². The van der Waals surface area contributed by atoms with Crippen molar-refractivity contribution in [1.29, 1.82) is 0 Å². The number of amides is 2.